The molecule has 0 aliphatic rings. The Morgan fingerprint density at radius 3 is 2.50 bits per heavy atom. The average Bonchev–Trinajstić information content (AvgIpc) is 2.53. The number of carbonyl (C=O) groups excluding carboxylic acids is 1. The van der Waals surface area contributed by atoms with E-state index in [2.05, 4.69) is 0 Å². The molecule has 0 atom stereocenters. The third-order valence-corrected chi connectivity index (χ3v) is 4.41. The first kappa shape index (κ1) is 16.7. The molecule has 0 bridgehead atoms. The summed E-state index contributed by atoms with van der Waals surface area (Å²) < 4.78 is 4.94. The van der Waals surface area contributed by atoms with Crippen molar-refractivity contribution in [2.75, 3.05) is 7.11 Å². The molecule has 0 amide bonds. The van der Waals surface area contributed by atoms with Crippen molar-refractivity contribution >= 4 is 40.1 Å². The highest BCUT2D eigenvalue weighted by Crippen LogP contribution is 2.33. The number of aromatic nitrogens is 1. The second kappa shape index (κ2) is 6.42. The first-order valence-corrected chi connectivity index (χ1v) is 8.12. The van der Waals surface area contributed by atoms with Gasteiger partial charge in [0.15, 0.2) is 0 Å². The van der Waals surface area contributed by atoms with Gasteiger partial charge in [0.05, 0.1) is 28.9 Å². The van der Waals surface area contributed by atoms with E-state index in [1.807, 2.05) is 26.0 Å². The van der Waals surface area contributed by atoms with Gasteiger partial charge in [-0.1, -0.05) is 34.8 Å². The van der Waals surface area contributed by atoms with Crippen LogP contribution in [0.25, 0.3) is 22.2 Å². The minimum Gasteiger partial charge on any atom is -0.465 e. The molecule has 3 rings (SSSR count). The summed E-state index contributed by atoms with van der Waals surface area (Å²) in [6, 6.07) is 10.9. The molecule has 0 N–H and O–H groups in total. The van der Waals surface area contributed by atoms with Crippen LogP contribution in [0.4, 0.5) is 0 Å². The molecule has 5 heteroatoms. The Bertz CT molecular complexity index is 967. The van der Waals surface area contributed by atoms with E-state index in [0.717, 1.165) is 22.0 Å². The Labute approximate surface area is 150 Å². The summed E-state index contributed by atoms with van der Waals surface area (Å²) in [7, 11) is 1.37. The van der Waals surface area contributed by atoms with E-state index in [1.165, 1.54) is 7.11 Å². The van der Waals surface area contributed by atoms with Crippen molar-refractivity contribution in [3.05, 3.63) is 63.1 Å². The molecule has 0 saturated carbocycles. The maximum absolute atomic E-state index is 12.3. The zero-order chi connectivity index (χ0) is 17.4. The molecule has 0 spiro atoms. The molecule has 0 saturated heterocycles. The van der Waals surface area contributed by atoms with Crippen LogP contribution in [0.3, 0.4) is 0 Å². The molecule has 2 aromatic carbocycles. The topological polar surface area (TPSA) is 39.2 Å². The third-order valence-electron chi connectivity index (χ3n) is 3.86. The second-order valence-electron chi connectivity index (χ2n) is 5.65. The van der Waals surface area contributed by atoms with Gasteiger partial charge in [-0.05, 0) is 49.7 Å². The van der Waals surface area contributed by atoms with Crippen molar-refractivity contribution in [2.24, 2.45) is 0 Å². The van der Waals surface area contributed by atoms with E-state index in [4.69, 9.17) is 32.9 Å². The molecule has 1 heterocycles. The van der Waals surface area contributed by atoms with E-state index in [1.54, 1.807) is 24.3 Å². The minimum atomic E-state index is -0.404. The lowest BCUT2D eigenvalue weighted by molar-refractivity contribution is 0.0603. The monoisotopic (exact) mass is 359 g/mol. The number of rotatable bonds is 2. The molecular weight excluding hydrogens is 345 g/mol. The molecule has 0 aliphatic carbocycles. The molecule has 24 heavy (non-hydrogen) atoms. The predicted octanol–water partition coefficient (Wildman–Crippen LogP) is 5.61. The van der Waals surface area contributed by atoms with Crippen LogP contribution in [-0.2, 0) is 4.74 Å². The van der Waals surface area contributed by atoms with E-state index >= 15 is 0 Å². The Morgan fingerprint density at radius 2 is 1.83 bits per heavy atom. The number of esters is 1. The van der Waals surface area contributed by atoms with Gasteiger partial charge in [0.1, 0.15) is 0 Å². The fourth-order valence-electron chi connectivity index (χ4n) is 2.79. The minimum absolute atomic E-state index is 0.404. The first-order chi connectivity index (χ1) is 11.4. The summed E-state index contributed by atoms with van der Waals surface area (Å²) in [5.41, 5.74) is 4.59. The summed E-state index contributed by atoms with van der Waals surface area (Å²) in [5.74, 6) is -0.404. The van der Waals surface area contributed by atoms with Crippen LogP contribution >= 0.6 is 23.2 Å². The maximum Gasteiger partial charge on any atom is 0.338 e. The first-order valence-electron chi connectivity index (χ1n) is 7.36. The van der Waals surface area contributed by atoms with Gasteiger partial charge in [-0.15, -0.1) is 0 Å². The number of hydrogen-bond donors (Lipinski definition) is 0. The highest BCUT2D eigenvalue weighted by molar-refractivity contribution is 6.36. The van der Waals surface area contributed by atoms with Crippen molar-refractivity contribution in [1.82, 2.24) is 4.98 Å². The van der Waals surface area contributed by atoms with Crippen molar-refractivity contribution in [1.29, 1.82) is 0 Å². The number of benzene rings is 2. The third kappa shape index (κ3) is 2.97. The zero-order valence-electron chi connectivity index (χ0n) is 13.5. The lowest BCUT2D eigenvalue weighted by Crippen LogP contribution is -2.05. The molecule has 3 nitrogen and oxygen atoms in total. The lowest BCUT2D eigenvalue weighted by Gasteiger charge is -2.12. The Kier molecular flexibility index (Phi) is 4.48. The number of hydrogen-bond acceptors (Lipinski definition) is 3. The molecule has 0 unspecified atom stereocenters. The van der Waals surface area contributed by atoms with E-state index in [-0.39, 0.29) is 0 Å². The second-order valence-corrected chi connectivity index (χ2v) is 6.49. The van der Waals surface area contributed by atoms with E-state index in [9.17, 15) is 4.79 Å². The molecule has 0 aliphatic heterocycles. The molecule has 0 fully saturated rings. The SMILES string of the molecule is COC(=O)c1cc(-c2ccc(Cl)cc2Cl)nc2c(C)cc(C)cc12. The van der Waals surface area contributed by atoms with Crippen LogP contribution in [0.15, 0.2) is 36.4 Å². The molecular formula is C19H15Cl2NO2. The highest BCUT2D eigenvalue weighted by atomic mass is 35.5. The quantitative estimate of drug-likeness (QED) is 0.558. The van der Waals surface area contributed by atoms with Gasteiger partial charge in [-0.3, -0.25) is 0 Å². The number of ether oxygens (including phenoxy) is 1. The van der Waals surface area contributed by atoms with Crippen LogP contribution in [-0.4, -0.2) is 18.1 Å². The largest absolute Gasteiger partial charge is 0.465 e. The van der Waals surface area contributed by atoms with Gasteiger partial charge in [-0.25, -0.2) is 9.78 Å². The average molecular weight is 360 g/mol. The van der Waals surface area contributed by atoms with Crippen LogP contribution in [0.5, 0.6) is 0 Å². The molecule has 3 aromatic rings. The zero-order valence-corrected chi connectivity index (χ0v) is 15.0. The van der Waals surface area contributed by atoms with Crippen molar-refractivity contribution in [3.8, 4) is 11.3 Å². The van der Waals surface area contributed by atoms with Crippen LogP contribution in [0.2, 0.25) is 10.0 Å². The normalized spacial score (nSPS) is 10.9. The van der Waals surface area contributed by atoms with Gasteiger partial charge in [0.25, 0.3) is 0 Å². The van der Waals surface area contributed by atoms with Crippen LogP contribution in [0, 0.1) is 13.8 Å². The van der Waals surface area contributed by atoms with E-state index < -0.39 is 5.97 Å². The van der Waals surface area contributed by atoms with Crippen molar-refractivity contribution < 1.29 is 9.53 Å². The number of halogens is 2. The highest BCUT2D eigenvalue weighted by Gasteiger charge is 2.17. The number of nitrogens with zero attached hydrogens (tertiary/aromatic N) is 1. The Hall–Kier alpha value is -2.10. The summed E-state index contributed by atoms with van der Waals surface area (Å²) >= 11 is 12.3. The molecule has 0 radical (unpaired) electrons. The van der Waals surface area contributed by atoms with E-state index in [0.29, 0.717) is 26.9 Å². The lowest BCUT2D eigenvalue weighted by atomic mass is 10.00. The molecule has 122 valence electrons. The van der Waals surface area contributed by atoms with Gasteiger partial charge < -0.3 is 4.74 Å². The van der Waals surface area contributed by atoms with Crippen molar-refractivity contribution in [2.45, 2.75) is 13.8 Å². The Balaban J connectivity index is 2.36. The van der Waals surface area contributed by atoms with Gasteiger partial charge in [0, 0.05) is 16.0 Å². The van der Waals surface area contributed by atoms with Crippen LogP contribution in [0.1, 0.15) is 21.5 Å². The molecule has 1 aromatic heterocycles. The fourth-order valence-corrected chi connectivity index (χ4v) is 3.30. The number of pyridine rings is 1. The number of aryl methyl sites for hydroxylation is 2. The standard InChI is InChI=1S/C19H15Cl2NO2/c1-10-6-11(2)18-14(7-10)15(19(23)24-3)9-17(22-18)13-5-4-12(20)8-16(13)21/h4-9H,1-3H3. The Morgan fingerprint density at radius 1 is 1.08 bits per heavy atom. The smallest absolute Gasteiger partial charge is 0.338 e. The van der Waals surface area contributed by atoms with Gasteiger partial charge in [-0.2, -0.15) is 0 Å². The van der Waals surface area contributed by atoms with Crippen LogP contribution < -0.4 is 0 Å². The predicted molar refractivity (Wildman–Crippen MR) is 98.0 cm³/mol. The van der Waals surface area contributed by atoms with Gasteiger partial charge in [0.2, 0.25) is 0 Å². The summed E-state index contributed by atoms with van der Waals surface area (Å²) in [6.45, 7) is 3.95. The summed E-state index contributed by atoms with van der Waals surface area (Å²) in [4.78, 5) is 17.0. The summed E-state index contributed by atoms with van der Waals surface area (Å²) in [5, 5.41) is 1.80. The number of methoxy groups -OCH3 is 1. The number of carbonyl (C=O) groups is 1. The fraction of sp³-hybridized carbons (Fsp3) is 0.158. The van der Waals surface area contributed by atoms with Gasteiger partial charge >= 0.3 is 5.97 Å². The maximum atomic E-state index is 12.3. The summed E-state index contributed by atoms with van der Waals surface area (Å²) in [6.07, 6.45) is 0. The van der Waals surface area contributed by atoms with Crippen molar-refractivity contribution in [3.63, 3.8) is 0 Å². The number of fused-ring (bicyclic) bond motifs is 1.